The minimum atomic E-state index is -0.356. The highest BCUT2D eigenvalue weighted by atomic mass is 16.5. The summed E-state index contributed by atoms with van der Waals surface area (Å²) in [5.74, 6) is 0.255. The maximum atomic E-state index is 13.4. The van der Waals surface area contributed by atoms with Crippen LogP contribution in [-0.2, 0) is 16.0 Å². The van der Waals surface area contributed by atoms with Crippen LogP contribution in [0.3, 0.4) is 0 Å². The van der Waals surface area contributed by atoms with Crippen molar-refractivity contribution in [1.29, 1.82) is 0 Å². The number of aromatic nitrogens is 5. The first-order valence-corrected chi connectivity index (χ1v) is 17.1. The summed E-state index contributed by atoms with van der Waals surface area (Å²) in [6, 6.07) is 13.8. The van der Waals surface area contributed by atoms with Crippen LogP contribution in [0.15, 0.2) is 61.1 Å². The molecule has 2 aliphatic rings. The number of nitrogens with zero attached hydrogens (tertiary/aromatic N) is 7. The fraction of sp³-hybridized carbons (Fsp3) is 0.324. The van der Waals surface area contributed by atoms with Gasteiger partial charge in [-0.2, -0.15) is 0 Å². The number of hydrogen-bond donors (Lipinski definition) is 3. The summed E-state index contributed by atoms with van der Waals surface area (Å²) >= 11 is 0. The standard InChI is InChI=1S/C37H40N10O4/c1-22-4-5-28-18-27(10-11-31(28)47(22)24(3)48)25-6-8-26(9-7-25)35(49)39-12-13-40-36(50)32-23(2)46-21-30(29-19-41-37(38)42-20-29)43-33(34(46)44-32)45-14-16-51-17-15-45/h6-11,18-22H,4-5,12-17H2,1-3H3,(H,39,49)(H,40,50)(H2,38,41,42)/t22-/m0/s1. The van der Waals surface area contributed by atoms with Gasteiger partial charge in [0.15, 0.2) is 11.5 Å². The van der Waals surface area contributed by atoms with Crippen molar-refractivity contribution in [3.8, 4) is 22.4 Å². The van der Waals surface area contributed by atoms with Crippen molar-refractivity contribution in [2.75, 3.05) is 54.9 Å². The second-order valence-electron chi connectivity index (χ2n) is 12.8. The van der Waals surface area contributed by atoms with Gasteiger partial charge in [0.25, 0.3) is 11.8 Å². The van der Waals surface area contributed by atoms with E-state index in [9.17, 15) is 14.4 Å². The Balaban J connectivity index is 0.997. The quantitative estimate of drug-likeness (QED) is 0.205. The predicted molar refractivity (Wildman–Crippen MR) is 194 cm³/mol. The van der Waals surface area contributed by atoms with E-state index in [4.69, 9.17) is 20.4 Å². The summed E-state index contributed by atoms with van der Waals surface area (Å²) in [4.78, 5) is 60.3. The Kier molecular flexibility index (Phi) is 9.32. The molecule has 262 valence electrons. The number of nitrogen functional groups attached to an aromatic ring is 1. The molecular weight excluding hydrogens is 648 g/mol. The summed E-state index contributed by atoms with van der Waals surface area (Å²) in [6.07, 6.45) is 6.87. The minimum absolute atomic E-state index is 0.0489. The summed E-state index contributed by atoms with van der Waals surface area (Å²) in [6.45, 7) is 8.34. The van der Waals surface area contributed by atoms with Crippen molar-refractivity contribution < 1.29 is 19.1 Å². The van der Waals surface area contributed by atoms with Gasteiger partial charge < -0.3 is 30.9 Å². The number of aryl methyl sites for hydroxylation is 2. The van der Waals surface area contributed by atoms with Crippen LogP contribution in [0.2, 0.25) is 0 Å². The number of ether oxygens (including phenoxy) is 1. The number of fused-ring (bicyclic) bond motifs is 2. The number of nitrogens with one attached hydrogen (secondary N) is 2. The van der Waals surface area contributed by atoms with E-state index in [-0.39, 0.29) is 48.5 Å². The Hall–Kier alpha value is -5.89. The van der Waals surface area contributed by atoms with Crippen LogP contribution >= 0.6 is 0 Å². The molecule has 1 fully saturated rings. The first kappa shape index (κ1) is 33.6. The monoisotopic (exact) mass is 688 g/mol. The van der Waals surface area contributed by atoms with Crippen LogP contribution in [-0.4, -0.2) is 87.5 Å². The molecule has 0 unspecified atom stereocenters. The van der Waals surface area contributed by atoms with E-state index >= 15 is 0 Å². The molecule has 1 atom stereocenters. The maximum absolute atomic E-state index is 13.4. The van der Waals surface area contributed by atoms with Crippen molar-refractivity contribution in [1.82, 2.24) is 35.0 Å². The number of hydrogen-bond acceptors (Lipinski definition) is 10. The number of anilines is 3. The van der Waals surface area contributed by atoms with Crippen LogP contribution in [0.4, 0.5) is 17.5 Å². The number of imidazole rings is 1. The van der Waals surface area contributed by atoms with Gasteiger partial charge >= 0.3 is 0 Å². The zero-order valence-electron chi connectivity index (χ0n) is 28.8. The van der Waals surface area contributed by atoms with E-state index < -0.39 is 0 Å². The molecular formula is C37H40N10O4. The fourth-order valence-electron chi connectivity index (χ4n) is 6.72. The van der Waals surface area contributed by atoms with Gasteiger partial charge in [-0.3, -0.25) is 18.8 Å². The number of nitrogens with two attached hydrogens (primary N) is 1. The van der Waals surface area contributed by atoms with Gasteiger partial charge in [0.1, 0.15) is 5.69 Å². The number of morpholine rings is 1. The Bertz CT molecular complexity index is 2110. The Labute approximate surface area is 295 Å². The number of carbonyl (C=O) groups excluding carboxylic acids is 3. The van der Waals surface area contributed by atoms with Crippen LogP contribution in [0.25, 0.3) is 28.0 Å². The van der Waals surface area contributed by atoms with Crippen LogP contribution in [0, 0.1) is 6.92 Å². The SMILES string of the molecule is CC(=O)N1c2ccc(-c3ccc(C(=O)NCCNC(=O)c4nc5c(N6CCOCC6)nc(-c6cnc(N)nc6)cn5c4C)cc3)cc2CC[C@@H]1C. The lowest BCUT2D eigenvalue weighted by Crippen LogP contribution is -2.40. The molecule has 0 spiro atoms. The first-order valence-electron chi connectivity index (χ1n) is 17.1. The van der Waals surface area contributed by atoms with Gasteiger partial charge in [-0.1, -0.05) is 18.2 Å². The van der Waals surface area contributed by atoms with Gasteiger partial charge in [0, 0.05) is 74.5 Å². The molecule has 3 aromatic heterocycles. The van der Waals surface area contributed by atoms with Gasteiger partial charge in [0.2, 0.25) is 11.9 Å². The summed E-state index contributed by atoms with van der Waals surface area (Å²) in [7, 11) is 0. The van der Waals surface area contributed by atoms with E-state index in [1.807, 2.05) is 46.7 Å². The maximum Gasteiger partial charge on any atom is 0.271 e. The zero-order valence-corrected chi connectivity index (χ0v) is 28.8. The number of amides is 3. The summed E-state index contributed by atoms with van der Waals surface area (Å²) in [5.41, 5.74) is 13.1. The fourth-order valence-corrected chi connectivity index (χ4v) is 6.72. The van der Waals surface area contributed by atoms with E-state index in [0.717, 1.165) is 35.2 Å². The smallest absolute Gasteiger partial charge is 0.271 e. The topological polar surface area (TPSA) is 173 Å². The highest BCUT2D eigenvalue weighted by Crippen LogP contribution is 2.34. The van der Waals surface area contributed by atoms with E-state index in [0.29, 0.717) is 60.3 Å². The Morgan fingerprint density at radius 1 is 0.922 bits per heavy atom. The molecule has 4 N–H and O–H groups in total. The van der Waals surface area contributed by atoms with Crippen LogP contribution in [0.1, 0.15) is 52.4 Å². The molecule has 51 heavy (non-hydrogen) atoms. The highest BCUT2D eigenvalue weighted by Gasteiger charge is 2.27. The Morgan fingerprint density at radius 2 is 1.61 bits per heavy atom. The van der Waals surface area contributed by atoms with Crippen molar-refractivity contribution in [3.05, 3.63) is 83.6 Å². The molecule has 3 amide bonds. The molecule has 5 heterocycles. The second-order valence-corrected chi connectivity index (χ2v) is 12.8. The average molecular weight is 689 g/mol. The van der Waals surface area contributed by atoms with Crippen molar-refractivity contribution in [2.45, 2.75) is 39.7 Å². The van der Waals surface area contributed by atoms with E-state index in [1.165, 1.54) is 0 Å². The summed E-state index contributed by atoms with van der Waals surface area (Å²) in [5, 5.41) is 5.77. The largest absolute Gasteiger partial charge is 0.378 e. The van der Waals surface area contributed by atoms with Crippen molar-refractivity contribution in [3.63, 3.8) is 0 Å². The molecule has 0 saturated carbocycles. The normalized spacial score (nSPS) is 15.8. The van der Waals surface area contributed by atoms with Crippen molar-refractivity contribution >= 4 is 40.8 Å². The summed E-state index contributed by atoms with van der Waals surface area (Å²) < 4.78 is 7.40. The Morgan fingerprint density at radius 3 is 2.31 bits per heavy atom. The van der Waals surface area contributed by atoms with Crippen molar-refractivity contribution in [2.24, 2.45) is 0 Å². The number of rotatable bonds is 8. The lowest BCUT2D eigenvalue weighted by atomic mass is 9.93. The van der Waals surface area contributed by atoms with Crippen LogP contribution < -0.4 is 26.2 Å². The average Bonchev–Trinajstić information content (AvgIpc) is 3.49. The minimum Gasteiger partial charge on any atom is -0.378 e. The molecule has 0 bridgehead atoms. The molecule has 1 saturated heterocycles. The molecule has 0 aliphatic carbocycles. The third-order valence-corrected chi connectivity index (χ3v) is 9.45. The van der Waals surface area contributed by atoms with Crippen LogP contribution in [0.5, 0.6) is 0 Å². The van der Waals surface area contributed by atoms with Gasteiger partial charge in [0.05, 0.1) is 24.6 Å². The predicted octanol–water partition coefficient (Wildman–Crippen LogP) is 3.43. The number of benzene rings is 2. The highest BCUT2D eigenvalue weighted by molar-refractivity contribution is 5.96. The third kappa shape index (κ3) is 6.82. The zero-order chi connectivity index (χ0) is 35.6. The van der Waals surface area contributed by atoms with Gasteiger partial charge in [-0.15, -0.1) is 0 Å². The number of carbonyl (C=O) groups is 3. The second kappa shape index (κ2) is 14.2. The lowest BCUT2D eigenvalue weighted by Gasteiger charge is -2.34. The molecule has 2 aliphatic heterocycles. The molecule has 14 heteroatoms. The lowest BCUT2D eigenvalue weighted by molar-refractivity contribution is -0.117. The van der Waals surface area contributed by atoms with Gasteiger partial charge in [-0.05, 0) is 67.6 Å². The molecule has 2 aromatic carbocycles. The van der Waals surface area contributed by atoms with E-state index in [2.05, 4.69) is 38.5 Å². The first-order chi connectivity index (χ1) is 24.7. The van der Waals surface area contributed by atoms with E-state index in [1.54, 1.807) is 31.5 Å². The molecule has 0 radical (unpaired) electrons. The molecule has 5 aromatic rings. The molecule has 7 rings (SSSR count). The third-order valence-electron chi connectivity index (χ3n) is 9.45. The molecule has 14 nitrogen and oxygen atoms in total. The van der Waals surface area contributed by atoms with Gasteiger partial charge in [-0.25, -0.2) is 19.9 Å².